The van der Waals surface area contributed by atoms with Gasteiger partial charge in [0.2, 0.25) is 0 Å². The van der Waals surface area contributed by atoms with E-state index in [4.69, 9.17) is 11.0 Å². The van der Waals surface area contributed by atoms with Crippen LogP contribution in [0.1, 0.15) is 23.2 Å². The first kappa shape index (κ1) is 11.3. The summed E-state index contributed by atoms with van der Waals surface area (Å²) in [6.07, 6.45) is -2.66. The molecule has 1 aromatic rings. The molecule has 74 valence electrons. The topological polar surface area (TPSA) is 62.7 Å². The lowest BCUT2D eigenvalue weighted by atomic mass is 10.1. The summed E-state index contributed by atoms with van der Waals surface area (Å²) in [6.45, 7) is 0.123. The molecular formula is C8H6F2IN3. The summed E-state index contributed by atoms with van der Waals surface area (Å²) in [5, 5.41) is 8.70. The van der Waals surface area contributed by atoms with Gasteiger partial charge in [0, 0.05) is 12.1 Å². The fourth-order valence-corrected chi connectivity index (χ4v) is 1.75. The Kier molecular flexibility index (Phi) is 3.71. The Bertz CT molecular complexity index is 387. The van der Waals surface area contributed by atoms with Gasteiger partial charge in [0.05, 0.1) is 11.6 Å². The first-order valence-electron chi connectivity index (χ1n) is 3.67. The SMILES string of the molecule is N#Cc1cc(C(F)F)nc(I)c1CN. The molecule has 3 nitrogen and oxygen atoms in total. The molecule has 0 fully saturated rings. The van der Waals surface area contributed by atoms with Crippen molar-refractivity contribution in [3.63, 3.8) is 0 Å². The highest BCUT2D eigenvalue weighted by Gasteiger charge is 2.15. The summed E-state index contributed by atoms with van der Waals surface area (Å²) in [5.41, 5.74) is 5.66. The largest absolute Gasteiger partial charge is 0.326 e. The third kappa shape index (κ3) is 2.16. The van der Waals surface area contributed by atoms with E-state index in [9.17, 15) is 8.78 Å². The van der Waals surface area contributed by atoms with Crippen LogP contribution < -0.4 is 5.73 Å². The van der Waals surface area contributed by atoms with Gasteiger partial charge in [0.1, 0.15) is 9.39 Å². The van der Waals surface area contributed by atoms with Crippen molar-refractivity contribution in [2.24, 2.45) is 5.73 Å². The molecule has 0 saturated heterocycles. The van der Waals surface area contributed by atoms with Crippen LogP contribution in [0.4, 0.5) is 8.78 Å². The van der Waals surface area contributed by atoms with Crippen LogP contribution in [0.3, 0.4) is 0 Å². The van der Waals surface area contributed by atoms with E-state index >= 15 is 0 Å². The van der Waals surface area contributed by atoms with Crippen LogP contribution in [0.2, 0.25) is 0 Å². The highest BCUT2D eigenvalue weighted by Crippen LogP contribution is 2.22. The van der Waals surface area contributed by atoms with Gasteiger partial charge in [-0.1, -0.05) is 0 Å². The zero-order chi connectivity index (χ0) is 10.7. The molecule has 0 unspecified atom stereocenters. The number of nitrogens with two attached hydrogens (primary N) is 1. The maximum atomic E-state index is 12.3. The van der Waals surface area contributed by atoms with Crippen molar-refractivity contribution in [2.45, 2.75) is 13.0 Å². The van der Waals surface area contributed by atoms with E-state index in [0.717, 1.165) is 6.07 Å². The fourth-order valence-electron chi connectivity index (χ4n) is 0.965. The van der Waals surface area contributed by atoms with Crippen LogP contribution in [0, 0.1) is 15.0 Å². The fraction of sp³-hybridized carbons (Fsp3) is 0.250. The number of alkyl halides is 2. The Morgan fingerprint density at radius 3 is 2.71 bits per heavy atom. The lowest BCUT2D eigenvalue weighted by Gasteiger charge is -2.06. The van der Waals surface area contributed by atoms with E-state index in [2.05, 4.69) is 4.98 Å². The number of nitriles is 1. The van der Waals surface area contributed by atoms with Crippen LogP contribution in [-0.2, 0) is 6.54 Å². The van der Waals surface area contributed by atoms with Crippen LogP contribution in [0.15, 0.2) is 6.07 Å². The van der Waals surface area contributed by atoms with Crippen LogP contribution >= 0.6 is 22.6 Å². The van der Waals surface area contributed by atoms with E-state index in [0.29, 0.717) is 9.26 Å². The van der Waals surface area contributed by atoms with Crippen molar-refractivity contribution in [3.8, 4) is 6.07 Å². The van der Waals surface area contributed by atoms with E-state index in [1.807, 2.05) is 6.07 Å². The van der Waals surface area contributed by atoms with Gasteiger partial charge in [-0.2, -0.15) is 5.26 Å². The second-order valence-corrected chi connectivity index (χ2v) is 3.50. The van der Waals surface area contributed by atoms with Gasteiger partial charge in [-0.25, -0.2) is 13.8 Å². The first-order chi connectivity index (χ1) is 6.60. The molecule has 0 bridgehead atoms. The number of aromatic nitrogens is 1. The second kappa shape index (κ2) is 4.61. The molecule has 1 heterocycles. The summed E-state index contributed by atoms with van der Waals surface area (Å²) in [7, 11) is 0. The molecule has 0 aliphatic rings. The summed E-state index contributed by atoms with van der Waals surface area (Å²) in [4.78, 5) is 3.66. The zero-order valence-corrected chi connectivity index (χ0v) is 9.12. The number of hydrogen-bond donors (Lipinski definition) is 1. The predicted octanol–water partition coefficient (Wildman–Crippen LogP) is 1.95. The minimum Gasteiger partial charge on any atom is -0.326 e. The van der Waals surface area contributed by atoms with Crippen molar-refractivity contribution in [3.05, 3.63) is 26.6 Å². The first-order valence-corrected chi connectivity index (χ1v) is 4.75. The summed E-state index contributed by atoms with van der Waals surface area (Å²) in [5.74, 6) is 0. The van der Waals surface area contributed by atoms with Gasteiger partial charge in [0.15, 0.2) is 0 Å². The molecule has 1 rings (SSSR count). The molecule has 0 aromatic carbocycles. The van der Waals surface area contributed by atoms with Crippen LogP contribution in [-0.4, -0.2) is 4.98 Å². The maximum Gasteiger partial charge on any atom is 0.280 e. The Morgan fingerprint density at radius 2 is 2.29 bits per heavy atom. The molecule has 0 atom stereocenters. The molecule has 6 heteroatoms. The van der Waals surface area contributed by atoms with Crippen LogP contribution in [0.5, 0.6) is 0 Å². The van der Waals surface area contributed by atoms with Crippen molar-refractivity contribution in [2.75, 3.05) is 0 Å². The molecule has 14 heavy (non-hydrogen) atoms. The van der Waals surface area contributed by atoms with Gasteiger partial charge in [0.25, 0.3) is 6.43 Å². The smallest absolute Gasteiger partial charge is 0.280 e. The van der Waals surface area contributed by atoms with E-state index < -0.39 is 6.43 Å². The van der Waals surface area contributed by atoms with E-state index in [-0.39, 0.29) is 17.8 Å². The molecule has 0 saturated carbocycles. The molecule has 1 aromatic heterocycles. The van der Waals surface area contributed by atoms with Gasteiger partial charge < -0.3 is 5.73 Å². The molecule has 0 aliphatic carbocycles. The monoisotopic (exact) mass is 309 g/mol. The molecule has 0 aliphatic heterocycles. The number of halogens is 3. The molecule has 0 radical (unpaired) electrons. The second-order valence-electron chi connectivity index (χ2n) is 2.48. The Morgan fingerprint density at radius 1 is 1.64 bits per heavy atom. The highest BCUT2D eigenvalue weighted by molar-refractivity contribution is 14.1. The number of rotatable bonds is 2. The molecular weight excluding hydrogens is 303 g/mol. The Labute approximate surface area is 93.1 Å². The predicted molar refractivity (Wildman–Crippen MR) is 54.5 cm³/mol. The van der Waals surface area contributed by atoms with E-state index in [1.165, 1.54) is 0 Å². The van der Waals surface area contributed by atoms with Crippen molar-refractivity contribution >= 4 is 22.6 Å². The van der Waals surface area contributed by atoms with Gasteiger partial charge in [-0.05, 0) is 28.7 Å². The van der Waals surface area contributed by atoms with Gasteiger partial charge >= 0.3 is 0 Å². The number of pyridine rings is 1. The van der Waals surface area contributed by atoms with Crippen LogP contribution in [0.25, 0.3) is 0 Å². The minimum absolute atomic E-state index is 0.123. The molecule has 2 N–H and O–H groups in total. The average molecular weight is 309 g/mol. The van der Waals surface area contributed by atoms with Gasteiger partial charge in [-0.3, -0.25) is 0 Å². The lowest BCUT2D eigenvalue weighted by molar-refractivity contribution is 0.146. The quantitative estimate of drug-likeness (QED) is 0.671. The highest BCUT2D eigenvalue weighted by atomic mass is 127. The Hall–Kier alpha value is -0.810. The van der Waals surface area contributed by atoms with Crippen molar-refractivity contribution in [1.82, 2.24) is 4.98 Å². The summed E-state index contributed by atoms with van der Waals surface area (Å²) >= 11 is 1.79. The third-order valence-electron chi connectivity index (χ3n) is 1.64. The summed E-state index contributed by atoms with van der Waals surface area (Å²) in [6, 6.07) is 2.90. The van der Waals surface area contributed by atoms with Crippen molar-refractivity contribution in [1.29, 1.82) is 5.26 Å². The normalized spacial score (nSPS) is 10.3. The zero-order valence-electron chi connectivity index (χ0n) is 6.97. The minimum atomic E-state index is -2.66. The van der Waals surface area contributed by atoms with Crippen molar-refractivity contribution < 1.29 is 8.78 Å². The standard InChI is InChI=1S/C8H6F2IN3/c9-7(10)6-1-4(2-12)5(3-13)8(11)14-6/h1,7H,3,13H2. The number of hydrogen-bond acceptors (Lipinski definition) is 3. The molecule has 0 spiro atoms. The number of nitrogens with zero attached hydrogens (tertiary/aromatic N) is 2. The third-order valence-corrected chi connectivity index (χ3v) is 2.53. The van der Waals surface area contributed by atoms with Gasteiger partial charge in [-0.15, -0.1) is 0 Å². The lowest BCUT2D eigenvalue weighted by Crippen LogP contribution is -2.06. The van der Waals surface area contributed by atoms with E-state index in [1.54, 1.807) is 22.6 Å². The average Bonchev–Trinajstić information content (AvgIpc) is 2.16. The maximum absolute atomic E-state index is 12.3. The molecule has 0 amide bonds. The summed E-state index contributed by atoms with van der Waals surface area (Å²) < 4.78 is 24.9. The Balaban J connectivity index is 3.33.